The number of rotatable bonds is 5. The summed E-state index contributed by atoms with van der Waals surface area (Å²) in [5.74, 6) is -0.0647. The van der Waals surface area contributed by atoms with E-state index in [1.165, 1.54) is 0 Å². The molecule has 0 fully saturated rings. The van der Waals surface area contributed by atoms with E-state index in [-0.39, 0.29) is 34.7 Å². The molecule has 1 amide bonds. The normalized spacial score (nSPS) is 14.4. The molecule has 6 nitrogen and oxygen atoms in total. The van der Waals surface area contributed by atoms with Crippen LogP contribution >= 0.6 is 0 Å². The molecule has 0 spiro atoms. The smallest absolute Gasteiger partial charge is 0.244 e. The van der Waals surface area contributed by atoms with Gasteiger partial charge in [-0.3, -0.25) is 15.0 Å². The summed E-state index contributed by atoms with van der Waals surface area (Å²) in [4.78, 5) is 26.5. The Bertz CT molecular complexity index is 1180. The van der Waals surface area contributed by atoms with Gasteiger partial charge < -0.3 is 15.7 Å². The number of amides is 1. The van der Waals surface area contributed by atoms with Gasteiger partial charge in [0.1, 0.15) is 11.6 Å². The minimum atomic E-state index is -0.485. The predicted octanol–water partition coefficient (Wildman–Crippen LogP) is 4.90. The van der Waals surface area contributed by atoms with Gasteiger partial charge in [0.05, 0.1) is 6.54 Å². The minimum Gasteiger partial charge on any atom is -0.507 e. The number of fused-ring (bicyclic) bond motifs is 1. The van der Waals surface area contributed by atoms with E-state index >= 15 is 0 Å². The van der Waals surface area contributed by atoms with E-state index in [0.29, 0.717) is 17.7 Å². The van der Waals surface area contributed by atoms with Crippen molar-refractivity contribution >= 4 is 23.6 Å². The number of carbonyl (C=O) groups is 2. The van der Waals surface area contributed by atoms with Crippen LogP contribution in [0.1, 0.15) is 86.6 Å². The molecule has 1 aliphatic heterocycles. The third kappa shape index (κ3) is 5.06. The van der Waals surface area contributed by atoms with Crippen LogP contribution < -0.4 is 5.73 Å². The Balaban J connectivity index is 1.91. The van der Waals surface area contributed by atoms with Crippen molar-refractivity contribution in [2.45, 2.75) is 65.8 Å². The van der Waals surface area contributed by atoms with Gasteiger partial charge in [0, 0.05) is 34.4 Å². The van der Waals surface area contributed by atoms with Crippen LogP contribution in [0.15, 0.2) is 35.9 Å². The predicted molar refractivity (Wildman–Crippen MR) is 136 cm³/mol. The van der Waals surface area contributed by atoms with Crippen LogP contribution in [0.25, 0.3) is 6.08 Å². The van der Waals surface area contributed by atoms with E-state index in [2.05, 4.69) is 0 Å². The zero-order valence-electron chi connectivity index (χ0n) is 21.2. The highest BCUT2D eigenvalue weighted by Crippen LogP contribution is 2.40. The molecule has 2 aromatic rings. The zero-order valence-corrected chi connectivity index (χ0v) is 21.2. The molecule has 6 heteroatoms. The molecule has 1 heterocycles. The molecule has 4 N–H and O–H groups in total. The Labute approximate surface area is 202 Å². The average molecular weight is 462 g/mol. The lowest BCUT2D eigenvalue weighted by molar-refractivity contribution is -0.114. The summed E-state index contributed by atoms with van der Waals surface area (Å²) in [5, 5.41) is 19.6. The number of hydrogen-bond acceptors (Lipinski definition) is 4. The molecular formula is C28H35N3O3. The Morgan fingerprint density at radius 3 is 2.12 bits per heavy atom. The first-order chi connectivity index (χ1) is 15.6. The van der Waals surface area contributed by atoms with Gasteiger partial charge in [0.25, 0.3) is 0 Å². The Hall–Kier alpha value is -3.41. The van der Waals surface area contributed by atoms with Gasteiger partial charge in [0.15, 0.2) is 5.78 Å². The van der Waals surface area contributed by atoms with Crippen molar-refractivity contribution in [3.05, 3.63) is 69.3 Å². The number of benzene rings is 2. The van der Waals surface area contributed by atoms with Crippen molar-refractivity contribution in [2.75, 3.05) is 6.54 Å². The molecule has 0 radical (unpaired) electrons. The van der Waals surface area contributed by atoms with Crippen LogP contribution in [0.3, 0.4) is 0 Å². The number of ketones is 1. The van der Waals surface area contributed by atoms with E-state index < -0.39 is 5.91 Å². The SMILES string of the molecule is CC(=Cc1ccc2c(c1)C(=N)N(CC(=O)c1cc(C(C)(C)C)c(O)c(C(C)(C)C)c1)C2)C(N)=O. The van der Waals surface area contributed by atoms with Crippen molar-refractivity contribution in [3.63, 3.8) is 0 Å². The summed E-state index contributed by atoms with van der Waals surface area (Å²) in [5.41, 5.74) is 9.62. The highest BCUT2D eigenvalue weighted by atomic mass is 16.3. The maximum absolute atomic E-state index is 13.4. The van der Waals surface area contributed by atoms with E-state index in [1.807, 2.05) is 59.7 Å². The molecule has 0 aliphatic carbocycles. The van der Waals surface area contributed by atoms with Crippen molar-refractivity contribution in [3.8, 4) is 5.75 Å². The molecule has 0 bridgehead atoms. The Kier molecular flexibility index (Phi) is 6.49. The molecule has 1 aliphatic rings. The van der Waals surface area contributed by atoms with Gasteiger partial charge >= 0.3 is 0 Å². The summed E-state index contributed by atoms with van der Waals surface area (Å²) in [6, 6.07) is 9.23. The molecule has 3 rings (SSSR count). The number of phenols is 1. The van der Waals surface area contributed by atoms with Crippen molar-refractivity contribution in [1.29, 1.82) is 5.41 Å². The van der Waals surface area contributed by atoms with Gasteiger partial charge in [-0.05, 0) is 53.2 Å². The number of nitrogens with one attached hydrogen (secondary N) is 1. The first kappa shape index (κ1) is 25.2. The van der Waals surface area contributed by atoms with E-state index in [9.17, 15) is 14.7 Å². The number of carbonyl (C=O) groups excluding carboxylic acids is 2. The molecule has 180 valence electrons. The van der Waals surface area contributed by atoms with Crippen LogP contribution in [0.5, 0.6) is 5.75 Å². The number of aromatic hydroxyl groups is 1. The monoisotopic (exact) mass is 461 g/mol. The number of amidine groups is 1. The van der Waals surface area contributed by atoms with E-state index in [4.69, 9.17) is 11.1 Å². The molecule has 0 unspecified atom stereocenters. The minimum absolute atomic E-state index is 0.0664. The third-order valence-corrected chi connectivity index (χ3v) is 6.22. The summed E-state index contributed by atoms with van der Waals surface area (Å²) in [6.45, 7) is 14.3. The van der Waals surface area contributed by atoms with Gasteiger partial charge in [0.2, 0.25) is 5.91 Å². The molecule has 2 aromatic carbocycles. The number of primary amides is 1. The largest absolute Gasteiger partial charge is 0.507 e. The van der Waals surface area contributed by atoms with Crippen molar-refractivity contribution < 1.29 is 14.7 Å². The maximum atomic E-state index is 13.4. The van der Waals surface area contributed by atoms with Gasteiger partial charge in [-0.25, -0.2) is 0 Å². The number of hydrogen-bond donors (Lipinski definition) is 3. The van der Waals surface area contributed by atoms with E-state index in [1.54, 1.807) is 30.0 Å². The summed E-state index contributed by atoms with van der Waals surface area (Å²) >= 11 is 0. The Morgan fingerprint density at radius 2 is 1.62 bits per heavy atom. The van der Waals surface area contributed by atoms with Crippen LogP contribution in [0, 0.1) is 5.41 Å². The molecule has 0 saturated carbocycles. The fourth-order valence-electron chi connectivity index (χ4n) is 4.16. The van der Waals surface area contributed by atoms with Gasteiger partial charge in [-0.15, -0.1) is 0 Å². The second-order valence-corrected chi connectivity index (χ2v) is 11.2. The standard InChI is InChI=1S/C28H35N3O3/c1-16(26(30)34)10-17-8-9-18-14-31(25(29)20(18)11-17)15-23(32)19-12-21(27(2,3)4)24(33)22(13-19)28(5,6)7/h8-13,29,33H,14-15H2,1-7H3,(H2,30,34). The van der Waals surface area contributed by atoms with Gasteiger partial charge in [-0.2, -0.15) is 0 Å². The zero-order chi connectivity index (χ0) is 25.6. The molecule has 0 aromatic heterocycles. The number of nitrogens with two attached hydrogens (primary N) is 1. The molecule has 34 heavy (non-hydrogen) atoms. The quantitative estimate of drug-likeness (QED) is 0.435. The lowest BCUT2D eigenvalue weighted by Crippen LogP contribution is -2.30. The summed E-state index contributed by atoms with van der Waals surface area (Å²) in [6.07, 6.45) is 1.70. The fourth-order valence-corrected chi connectivity index (χ4v) is 4.16. The highest BCUT2D eigenvalue weighted by molar-refractivity contribution is 6.06. The van der Waals surface area contributed by atoms with E-state index in [0.717, 1.165) is 27.8 Å². The second kappa shape index (κ2) is 8.75. The summed E-state index contributed by atoms with van der Waals surface area (Å²) < 4.78 is 0. The summed E-state index contributed by atoms with van der Waals surface area (Å²) in [7, 11) is 0. The van der Waals surface area contributed by atoms with Crippen LogP contribution in [-0.4, -0.2) is 34.1 Å². The first-order valence-corrected chi connectivity index (χ1v) is 11.5. The van der Waals surface area contributed by atoms with Crippen LogP contribution in [0.2, 0.25) is 0 Å². The molecule has 0 atom stereocenters. The van der Waals surface area contributed by atoms with Crippen LogP contribution in [-0.2, 0) is 22.2 Å². The lowest BCUT2D eigenvalue weighted by atomic mass is 9.78. The number of Topliss-reactive ketones (excluding diaryl/α,β-unsaturated/α-hetero) is 1. The first-order valence-electron chi connectivity index (χ1n) is 11.5. The molecule has 0 saturated heterocycles. The van der Waals surface area contributed by atoms with Gasteiger partial charge in [-0.1, -0.05) is 53.7 Å². The number of phenolic OH excluding ortho intramolecular Hbond substituents is 1. The van der Waals surface area contributed by atoms with Crippen molar-refractivity contribution in [1.82, 2.24) is 4.90 Å². The lowest BCUT2D eigenvalue weighted by Gasteiger charge is -2.28. The third-order valence-electron chi connectivity index (χ3n) is 6.22. The number of nitrogens with zero attached hydrogens (tertiary/aromatic N) is 1. The second-order valence-electron chi connectivity index (χ2n) is 11.2. The average Bonchev–Trinajstić information content (AvgIpc) is 3.01. The van der Waals surface area contributed by atoms with Crippen molar-refractivity contribution in [2.24, 2.45) is 5.73 Å². The Morgan fingerprint density at radius 1 is 1.06 bits per heavy atom. The topological polar surface area (TPSA) is 107 Å². The maximum Gasteiger partial charge on any atom is 0.244 e. The van der Waals surface area contributed by atoms with Crippen LogP contribution in [0.4, 0.5) is 0 Å². The fraction of sp³-hybridized carbons (Fsp3) is 0.393. The highest BCUT2D eigenvalue weighted by Gasteiger charge is 2.30. The molecular weight excluding hydrogens is 426 g/mol.